The fourth-order valence-corrected chi connectivity index (χ4v) is 3.49. The number of fused-ring (bicyclic) bond motifs is 1. The molecule has 0 saturated carbocycles. The van der Waals surface area contributed by atoms with Gasteiger partial charge >= 0.3 is 0 Å². The maximum absolute atomic E-state index is 4.48. The molecule has 0 aliphatic carbocycles. The first kappa shape index (κ1) is 16.2. The molecule has 0 amide bonds. The predicted octanol–water partition coefficient (Wildman–Crippen LogP) is 2.02. The second kappa shape index (κ2) is 6.55. The van der Waals surface area contributed by atoms with Gasteiger partial charge in [0.2, 0.25) is 5.95 Å². The molecule has 1 aliphatic rings. The highest BCUT2D eigenvalue weighted by Crippen LogP contribution is 2.26. The minimum atomic E-state index is 0.415. The van der Waals surface area contributed by atoms with E-state index < -0.39 is 0 Å². The smallest absolute Gasteiger partial charge is 0.225 e. The number of hydrogen-bond acceptors (Lipinski definition) is 7. The van der Waals surface area contributed by atoms with Crippen LogP contribution in [0, 0.1) is 0 Å². The van der Waals surface area contributed by atoms with Crippen molar-refractivity contribution in [1.82, 2.24) is 29.5 Å². The van der Waals surface area contributed by atoms with Crippen LogP contribution in [0.25, 0.3) is 11.2 Å². The highest BCUT2D eigenvalue weighted by molar-refractivity contribution is 9.10. The Morgan fingerprint density at radius 2 is 1.80 bits per heavy atom. The molecule has 130 valence electrons. The molecular formula is C16H19BrN8. The first-order valence-electron chi connectivity index (χ1n) is 8.21. The second-order valence-electron chi connectivity index (χ2n) is 6.26. The molecule has 1 fully saturated rings. The Kier molecular flexibility index (Phi) is 4.24. The summed E-state index contributed by atoms with van der Waals surface area (Å²) in [7, 11) is 4.01. The van der Waals surface area contributed by atoms with Gasteiger partial charge in [0, 0.05) is 45.6 Å². The molecule has 8 nitrogen and oxygen atoms in total. The van der Waals surface area contributed by atoms with E-state index in [9.17, 15) is 0 Å². The number of anilines is 2. The van der Waals surface area contributed by atoms with Crippen molar-refractivity contribution in [2.75, 3.05) is 29.9 Å². The van der Waals surface area contributed by atoms with Crippen LogP contribution < -0.4 is 9.80 Å². The Hall–Kier alpha value is -2.29. The van der Waals surface area contributed by atoms with Gasteiger partial charge in [-0.25, -0.2) is 24.9 Å². The fourth-order valence-electron chi connectivity index (χ4n) is 3.28. The van der Waals surface area contributed by atoms with E-state index in [0.717, 1.165) is 53.3 Å². The number of hydrogen-bond donors (Lipinski definition) is 0. The Morgan fingerprint density at radius 3 is 2.52 bits per heavy atom. The number of aryl methyl sites for hydroxylation is 1. The summed E-state index contributed by atoms with van der Waals surface area (Å²) in [5, 5.41) is 0. The van der Waals surface area contributed by atoms with Gasteiger partial charge in [-0.2, -0.15) is 0 Å². The lowest BCUT2D eigenvalue weighted by molar-refractivity contribution is 0.476. The number of imidazole rings is 1. The molecule has 4 heterocycles. The SMILES string of the molecule is CN(c1ncc(Br)cn1)C1CCN(c2ncnc3c2ncn3C)CC1. The fraction of sp³-hybridized carbons (Fsp3) is 0.438. The average molecular weight is 403 g/mol. The molecule has 0 atom stereocenters. The topological polar surface area (TPSA) is 75.9 Å². The minimum absolute atomic E-state index is 0.415. The normalized spacial score (nSPS) is 15.7. The molecule has 0 aromatic carbocycles. The molecule has 0 radical (unpaired) electrons. The van der Waals surface area contributed by atoms with Gasteiger partial charge in [0.25, 0.3) is 0 Å². The highest BCUT2D eigenvalue weighted by Gasteiger charge is 2.26. The zero-order valence-electron chi connectivity index (χ0n) is 14.2. The first-order chi connectivity index (χ1) is 12.1. The lowest BCUT2D eigenvalue weighted by Crippen LogP contribution is -2.44. The summed E-state index contributed by atoms with van der Waals surface area (Å²) in [4.78, 5) is 26.5. The van der Waals surface area contributed by atoms with Gasteiger partial charge in [-0.1, -0.05) is 0 Å². The van der Waals surface area contributed by atoms with Crippen LogP contribution in [0.5, 0.6) is 0 Å². The van der Waals surface area contributed by atoms with E-state index in [4.69, 9.17) is 0 Å². The van der Waals surface area contributed by atoms with Crippen LogP contribution in [0.2, 0.25) is 0 Å². The second-order valence-corrected chi connectivity index (χ2v) is 7.17. The number of nitrogens with zero attached hydrogens (tertiary/aromatic N) is 8. The molecule has 0 bridgehead atoms. The first-order valence-corrected chi connectivity index (χ1v) is 9.00. The number of piperidine rings is 1. The summed E-state index contributed by atoms with van der Waals surface area (Å²) in [5.74, 6) is 1.68. The Bertz CT molecular complexity index is 869. The van der Waals surface area contributed by atoms with E-state index in [0.29, 0.717) is 6.04 Å². The van der Waals surface area contributed by atoms with Crippen molar-refractivity contribution in [2.45, 2.75) is 18.9 Å². The van der Waals surface area contributed by atoms with Crippen LogP contribution in [-0.2, 0) is 7.05 Å². The van der Waals surface area contributed by atoms with Crippen molar-refractivity contribution in [3.8, 4) is 0 Å². The van der Waals surface area contributed by atoms with Crippen molar-refractivity contribution in [2.24, 2.45) is 7.05 Å². The van der Waals surface area contributed by atoms with Crippen LogP contribution in [0.3, 0.4) is 0 Å². The summed E-state index contributed by atoms with van der Waals surface area (Å²) in [6.45, 7) is 1.85. The van der Waals surface area contributed by atoms with E-state index in [2.05, 4.69) is 57.7 Å². The maximum Gasteiger partial charge on any atom is 0.225 e. The van der Waals surface area contributed by atoms with Crippen molar-refractivity contribution in [3.63, 3.8) is 0 Å². The summed E-state index contributed by atoms with van der Waals surface area (Å²) in [5.41, 5.74) is 1.74. The molecular weight excluding hydrogens is 384 g/mol. The van der Waals surface area contributed by atoms with Crippen LogP contribution in [-0.4, -0.2) is 55.7 Å². The minimum Gasteiger partial charge on any atom is -0.355 e. The summed E-state index contributed by atoms with van der Waals surface area (Å²) < 4.78 is 2.81. The van der Waals surface area contributed by atoms with Gasteiger partial charge in [0.1, 0.15) is 6.33 Å². The van der Waals surface area contributed by atoms with Gasteiger partial charge in [-0.15, -0.1) is 0 Å². The maximum atomic E-state index is 4.48. The zero-order chi connectivity index (χ0) is 17.4. The molecule has 0 N–H and O–H groups in total. The molecule has 0 spiro atoms. The summed E-state index contributed by atoms with van der Waals surface area (Å²) >= 11 is 3.38. The van der Waals surface area contributed by atoms with Gasteiger partial charge in [-0.05, 0) is 28.8 Å². The average Bonchev–Trinajstić information content (AvgIpc) is 3.03. The zero-order valence-corrected chi connectivity index (χ0v) is 15.8. The lowest BCUT2D eigenvalue weighted by Gasteiger charge is -2.37. The third-order valence-electron chi connectivity index (χ3n) is 4.71. The van der Waals surface area contributed by atoms with E-state index in [1.165, 1.54) is 0 Å². The van der Waals surface area contributed by atoms with Crippen molar-refractivity contribution in [1.29, 1.82) is 0 Å². The van der Waals surface area contributed by atoms with Gasteiger partial charge in [0.05, 0.1) is 10.8 Å². The molecule has 1 saturated heterocycles. The number of aromatic nitrogens is 6. The lowest BCUT2D eigenvalue weighted by atomic mass is 10.0. The van der Waals surface area contributed by atoms with E-state index in [1.807, 2.05) is 11.6 Å². The standard InChI is InChI=1S/C16H19BrN8/c1-23-10-22-13-14(23)20-9-21-15(13)25-5-3-12(4-6-25)24(2)16-18-7-11(17)8-19-16/h7-10,12H,3-6H2,1-2H3. The Labute approximate surface area is 154 Å². The third kappa shape index (κ3) is 3.04. The van der Waals surface area contributed by atoms with Gasteiger partial charge < -0.3 is 14.4 Å². The van der Waals surface area contributed by atoms with Crippen molar-refractivity contribution in [3.05, 3.63) is 29.5 Å². The van der Waals surface area contributed by atoms with Crippen molar-refractivity contribution >= 4 is 38.9 Å². The van der Waals surface area contributed by atoms with Gasteiger partial charge in [0.15, 0.2) is 17.0 Å². The van der Waals surface area contributed by atoms with E-state index in [-0.39, 0.29) is 0 Å². The monoisotopic (exact) mass is 402 g/mol. The molecule has 1 aliphatic heterocycles. The quantitative estimate of drug-likeness (QED) is 0.662. The molecule has 9 heteroatoms. The molecule has 3 aromatic rings. The largest absolute Gasteiger partial charge is 0.355 e. The van der Waals surface area contributed by atoms with Gasteiger partial charge in [-0.3, -0.25) is 0 Å². The van der Waals surface area contributed by atoms with Crippen LogP contribution in [0.15, 0.2) is 29.5 Å². The molecule has 25 heavy (non-hydrogen) atoms. The predicted molar refractivity (Wildman–Crippen MR) is 99.7 cm³/mol. The third-order valence-corrected chi connectivity index (χ3v) is 5.12. The molecule has 4 rings (SSSR count). The summed E-state index contributed by atoms with van der Waals surface area (Å²) in [6, 6.07) is 0.415. The Morgan fingerprint density at radius 1 is 1.08 bits per heavy atom. The van der Waals surface area contributed by atoms with Crippen LogP contribution in [0.1, 0.15) is 12.8 Å². The number of rotatable bonds is 3. The Balaban J connectivity index is 1.48. The van der Waals surface area contributed by atoms with E-state index in [1.54, 1.807) is 25.0 Å². The number of halogens is 1. The highest BCUT2D eigenvalue weighted by atomic mass is 79.9. The van der Waals surface area contributed by atoms with Crippen molar-refractivity contribution < 1.29 is 0 Å². The summed E-state index contributed by atoms with van der Waals surface area (Å²) in [6.07, 6.45) is 9.02. The molecule has 0 unspecified atom stereocenters. The van der Waals surface area contributed by atoms with E-state index >= 15 is 0 Å². The van der Waals surface area contributed by atoms with Crippen LogP contribution in [0.4, 0.5) is 11.8 Å². The molecule has 3 aromatic heterocycles. The van der Waals surface area contributed by atoms with Crippen LogP contribution >= 0.6 is 15.9 Å².